The Morgan fingerprint density at radius 2 is 1.77 bits per heavy atom. The first-order valence-corrected chi connectivity index (χ1v) is 9.88. The normalized spacial score (nSPS) is 11.6. The molecule has 3 aromatic rings. The van der Waals surface area contributed by atoms with Crippen molar-refractivity contribution in [2.24, 2.45) is 0 Å². The van der Waals surface area contributed by atoms with E-state index in [0.29, 0.717) is 11.1 Å². The lowest BCUT2D eigenvalue weighted by molar-refractivity contribution is -0.576. The summed E-state index contributed by atoms with van der Waals surface area (Å²) in [6, 6.07) is 15.0. The van der Waals surface area contributed by atoms with Gasteiger partial charge in [0.1, 0.15) is 0 Å². The van der Waals surface area contributed by atoms with Crippen molar-refractivity contribution in [1.82, 2.24) is 0 Å². The van der Waals surface area contributed by atoms with Crippen LogP contribution in [0.1, 0.15) is 22.3 Å². The standard InChI is InChI=1S/C23H21N3O4S/c1-15-10-16(2)12-19(11-15)24-23(31)21(25-9-3-4-17(13-25)14-27)22(28)18-5-7-20(8-6-18)26(29)30/h3-13,27H,14H2,1-2H3,(H-,24,28,31)/p+1. The van der Waals surface area contributed by atoms with Crippen LogP contribution in [0.15, 0.2) is 67.0 Å². The van der Waals surface area contributed by atoms with Crippen molar-refractivity contribution in [3.05, 3.63) is 99.4 Å². The van der Waals surface area contributed by atoms with Crippen LogP contribution in [-0.2, 0) is 6.61 Å². The van der Waals surface area contributed by atoms with Gasteiger partial charge in [0.2, 0.25) is 0 Å². The Bertz CT molecular complexity index is 1150. The molecule has 3 rings (SSSR count). The Balaban J connectivity index is 2.10. The molecule has 158 valence electrons. The van der Waals surface area contributed by atoms with Crippen molar-refractivity contribution in [3.8, 4) is 0 Å². The number of pyridine rings is 1. The summed E-state index contributed by atoms with van der Waals surface area (Å²) in [6.45, 7) is 3.78. The molecule has 0 saturated carbocycles. The third-order valence-electron chi connectivity index (χ3n) is 4.57. The molecule has 0 spiro atoms. The molecular formula is C23H22N3O4S+. The van der Waals surface area contributed by atoms with E-state index in [9.17, 15) is 20.3 Å². The Hall–Kier alpha value is -3.62. The number of nitro groups is 1. The van der Waals surface area contributed by atoms with Gasteiger partial charge in [-0.3, -0.25) is 10.1 Å². The van der Waals surface area contributed by atoms with Crippen molar-refractivity contribution in [1.29, 1.82) is 0 Å². The molecule has 0 bridgehead atoms. The first-order chi connectivity index (χ1) is 14.8. The number of hydrogen-bond acceptors (Lipinski definition) is 5. The van der Waals surface area contributed by atoms with Gasteiger partial charge in [-0.2, -0.15) is 4.57 Å². The topological polar surface area (TPSA) is 99.5 Å². The summed E-state index contributed by atoms with van der Waals surface area (Å²) < 4.78 is 1.61. The smallest absolute Gasteiger partial charge is 0.288 e. The number of benzene rings is 2. The van der Waals surface area contributed by atoms with Crippen LogP contribution in [0, 0.1) is 24.0 Å². The molecule has 0 saturated heterocycles. The minimum atomic E-state index is -0.503. The third-order valence-corrected chi connectivity index (χ3v) is 4.87. The van der Waals surface area contributed by atoms with Gasteiger partial charge in [0.05, 0.1) is 11.5 Å². The van der Waals surface area contributed by atoms with E-state index in [1.165, 1.54) is 24.3 Å². The number of non-ortho nitro benzene ring substituents is 1. The van der Waals surface area contributed by atoms with Gasteiger partial charge in [0, 0.05) is 35.0 Å². The maximum Gasteiger partial charge on any atom is 0.288 e. The highest BCUT2D eigenvalue weighted by molar-refractivity contribution is 7.81. The maximum absolute atomic E-state index is 11.1. The van der Waals surface area contributed by atoms with E-state index in [1.807, 2.05) is 32.0 Å². The molecule has 1 aromatic heterocycles. The second-order valence-corrected chi connectivity index (χ2v) is 7.52. The van der Waals surface area contributed by atoms with Crippen LogP contribution < -0.4 is 9.88 Å². The molecule has 8 heteroatoms. The zero-order valence-corrected chi connectivity index (χ0v) is 17.9. The first kappa shape index (κ1) is 22.1. The number of rotatable bonds is 6. The number of nitro benzene ring substituents is 1. The van der Waals surface area contributed by atoms with Gasteiger partial charge in [-0.05, 0) is 55.3 Å². The predicted molar refractivity (Wildman–Crippen MR) is 124 cm³/mol. The molecule has 0 unspecified atom stereocenters. The highest BCUT2D eigenvalue weighted by atomic mass is 32.1. The summed E-state index contributed by atoms with van der Waals surface area (Å²) in [5.41, 5.74) is 4.09. The van der Waals surface area contributed by atoms with Crippen molar-refractivity contribution in [2.75, 3.05) is 5.32 Å². The molecular weight excluding hydrogens is 414 g/mol. The van der Waals surface area contributed by atoms with Crippen LogP contribution in [0.4, 0.5) is 11.4 Å². The van der Waals surface area contributed by atoms with Crippen molar-refractivity contribution < 1.29 is 19.7 Å². The molecule has 7 nitrogen and oxygen atoms in total. The molecule has 2 aromatic carbocycles. The highest BCUT2D eigenvalue weighted by Crippen LogP contribution is 2.22. The van der Waals surface area contributed by atoms with E-state index in [-0.39, 0.29) is 28.7 Å². The Morgan fingerprint density at radius 1 is 1.13 bits per heavy atom. The minimum absolute atomic E-state index is 0.0797. The number of anilines is 1. The van der Waals surface area contributed by atoms with E-state index >= 15 is 0 Å². The van der Waals surface area contributed by atoms with Gasteiger partial charge in [-0.25, -0.2) is 0 Å². The van der Waals surface area contributed by atoms with Gasteiger partial charge in [0.15, 0.2) is 23.1 Å². The second kappa shape index (κ2) is 9.46. The molecule has 3 N–H and O–H groups in total. The molecule has 0 fully saturated rings. The number of nitrogens with zero attached hydrogens (tertiary/aromatic N) is 2. The van der Waals surface area contributed by atoms with Crippen LogP contribution in [0.3, 0.4) is 0 Å². The number of hydrogen-bond donors (Lipinski definition) is 3. The molecule has 1 heterocycles. The number of aliphatic hydroxyl groups excluding tert-OH is 2. The molecule has 0 radical (unpaired) electrons. The van der Waals surface area contributed by atoms with Gasteiger partial charge >= 0.3 is 0 Å². The van der Waals surface area contributed by atoms with Crippen LogP contribution in [-0.4, -0.2) is 20.1 Å². The molecule has 0 amide bonds. The minimum Gasteiger partial charge on any atom is -0.502 e. The van der Waals surface area contributed by atoms with E-state index in [4.69, 9.17) is 12.2 Å². The lowest BCUT2D eigenvalue weighted by Gasteiger charge is -2.12. The second-order valence-electron chi connectivity index (χ2n) is 7.11. The fraction of sp³-hybridized carbons (Fsp3) is 0.130. The maximum atomic E-state index is 11.1. The first-order valence-electron chi connectivity index (χ1n) is 9.47. The van der Waals surface area contributed by atoms with Crippen LogP contribution in [0.25, 0.3) is 11.5 Å². The van der Waals surface area contributed by atoms with Gasteiger partial charge in [0.25, 0.3) is 11.4 Å². The monoisotopic (exact) mass is 436 g/mol. The predicted octanol–water partition coefficient (Wildman–Crippen LogP) is 4.31. The highest BCUT2D eigenvalue weighted by Gasteiger charge is 2.25. The summed E-state index contributed by atoms with van der Waals surface area (Å²) in [5, 5.41) is 34.7. The van der Waals surface area contributed by atoms with E-state index in [1.54, 1.807) is 29.1 Å². The fourth-order valence-electron chi connectivity index (χ4n) is 3.22. The summed E-state index contributed by atoms with van der Waals surface area (Å²) >= 11 is 5.63. The van der Waals surface area contributed by atoms with Crippen molar-refractivity contribution in [2.45, 2.75) is 20.5 Å². The quantitative estimate of drug-likeness (QED) is 0.133. The number of nitrogens with one attached hydrogen (secondary N) is 1. The van der Waals surface area contributed by atoms with E-state index in [0.717, 1.165) is 16.8 Å². The summed E-state index contributed by atoms with van der Waals surface area (Å²) in [6.07, 6.45) is 3.36. The average Bonchev–Trinajstić information content (AvgIpc) is 2.73. The molecule has 0 aliphatic heterocycles. The molecule has 0 aliphatic carbocycles. The summed E-state index contributed by atoms with van der Waals surface area (Å²) in [5.74, 6) is -0.156. The van der Waals surface area contributed by atoms with Crippen molar-refractivity contribution >= 4 is 40.0 Å². The van der Waals surface area contributed by atoms with Crippen LogP contribution in [0.2, 0.25) is 0 Å². The van der Waals surface area contributed by atoms with Crippen LogP contribution >= 0.6 is 12.2 Å². The summed E-state index contributed by atoms with van der Waals surface area (Å²) in [4.78, 5) is 10.7. The molecule has 0 atom stereocenters. The van der Waals surface area contributed by atoms with E-state index < -0.39 is 4.92 Å². The van der Waals surface area contributed by atoms with Gasteiger partial charge < -0.3 is 15.5 Å². The van der Waals surface area contributed by atoms with Crippen LogP contribution in [0.5, 0.6) is 0 Å². The number of thiocarbonyl (C=S) groups is 1. The lowest BCUT2D eigenvalue weighted by Crippen LogP contribution is -2.39. The number of aliphatic hydroxyl groups is 2. The third kappa shape index (κ3) is 5.30. The zero-order chi connectivity index (χ0) is 22.5. The Morgan fingerprint density at radius 3 is 2.35 bits per heavy atom. The van der Waals surface area contributed by atoms with Crippen molar-refractivity contribution in [3.63, 3.8) is 0 Å². The SMILES string of the molecule is Cc1cc(C)cc(NC(=S)/C(=C(\O)c2ccc([N+](=O)[O-])cc2)[n+]2cccc(CO)c2)c1. The number of aryl methyl sites for hydroxylation is 2. The largest absolute Gasteiger partial charge is 0.502 e. The van der Waals surface area contributed by atoms with Gasteiger partial charge in [-0.15, -0.1) is 0 Å². The summed E-state index contributed by atoms with van der Waals surface area (Å²) in [7, 11) is 0. The Labute approximate surface area is 185 Å². The molecule has 0 aliphatic rings. The lowest BCUT2D eigenvalue weighted by atomic mass is 10.1. The van der Waals surface area contributed by atoms with E-state index in [2.05, 4.69) is 5.32 Å². The zero-order valence-electron chi connectivity index (χ0n) is 17.1. The molecule has 31 heavy (non-hydrogen) atoms. The average molecular weight is 437 g/mol. The number of aromatic nitrogens is 1. The Kier molecular flexibility index (Phi) is 6.74. The van der Waals surface area contributed by atoms with Gasteiger partial charge in [-0.1, -0.05) is 18.3 Å². The fourth-order valence-corrected chi connectivity index (χ4v) is 3.54.